The quantitative estimate of drug-likeness (QED) is 0.850. The van der Waals surface area contributed by atoms with Crippen LogP contribution < -0.4 is 5.73 Å². The number of nitrogens with two attached hydrogens (primary N) is 1. The Hall–Kier alpha value is -0.840. The van der Waals surface area contributed by atoms with Crippen molar-refractivity contribution < 1.29 is 13.9 Å². The first kappa shape index (κ1) is 12.6. The van der Waals surface area contributed by atoms with Gasteiger partial charge in [0.05, 0.1) is 18.1 Å². The Bertz CT molecular complexity index is 312. The molecular formula is C13H21NO3. The van der Waals surface area contributed by atoms with Gasteiger partial charge < -0.3 is 19.6 Å². The Morgan fingerprint density at radius 3 is 2.82 bits per heavy atom. The molecule has 2 N–H and O–H groups in total. The zero-order valence-electron chi connectivity index (χ0n) is 10.4. The van der Waals surface area contributed by atoms with E-state index >= 15 is 0 Å². The average Bonchev–Trinajstić information content (AvgIpc) is 2.83. The van der Waals surface area contributed by atoms with Gasteiger partial charge in [0.2, 0.25) is 0 Å². The highest BCUT2D eigenvalue weighted by Crippen LogP contribution is 2.29. The van der Waals surface area contributed by atoms with Crippen molar-refractivity contribution in [2.45, 2.75) is 37.8 Å². The highest BCUT2D eigenvalue weighted by Gasteiger charge is 2.39. The van der Waals surface area contributed by atoms with Crippen LogP contribution in [0, 0.1) is 0 Å². The van der Waals surface area contributed by atoms with Crippen molar-refractivity contribution in [3.8, 4) is 0 Å². The number of ether oxygens (including phenoxy) is 2. The van der Waals surface area contributed by atoms with Crippen LogP contribution in [0.1, 0.15) is 25.3 Å². The van der Waals surface area contributed by atoms with Crippen molar-refractivity contribution in [3.63, 3.8) is 0 Å². The molecule has 2 rings (SSSR count). The van der Waals surface area contributed by atoms with Crippen LogP contribution in [0.4, 0.5) is 0 Å². The van der Waals surface area contributed by atoms with Gasteiger partial charge in [-0.1, -0.05) is 0 Å². The Kier molecular flexibility index (Phi) is 4.20. The molecule has 0 saturated carbocycles. The van der Waals surface area contributed by atoms with E-state index in [0.29, 0.717) is 6.61 Å². The fourth-order valence-electron chi connectivity index (χ4n) is 2.48. The molecule has 96 valence electrons. The number of rotatable bonds is 5. The molecule has 4 nitrogen and oxygen atoms in total. The second kappa shape index (κ2) is 5.67. The lowest BCUT2D eigenvalue weighted by Gasteiger charge is -2.41. The predicted molar refractivity (Wildman–Crippen MR) is 64.8 cm³/mol. The molecule has 1 aromatic rings. The van der Waals surface area contributed by atoms with E-state index in [-0.39, 0.29) is 11.6 Å². The van der Waals surface area contributed by atoms with E-state index < -0.39 is 0 Å². The Morgan fingerprint density at radius 2 is 2.24 bits per heavy atom. The van der Waals surface area contributed by atoms with Gasteiger partial charge in [0.1, 0.15) is 0 Å². The summed E-state index contributed by atoms with van der Waals surface area (Å²) in [6.45, 7) is 4.18. The van der Waals surface area contributed by atoms with Crippen molar-refractivity contribution >= 4 is 0 Å². The number of furan rings is 1. The van der Waals surface area contributed by atoms with Gasteiger partial charge in [-0.3, -0.25) is 0 Å². The van der Waals surface area contributed by atoms with Gasteiger partial charge in [-0.15, -0.1) is 0 Å². The molecule has 1 aliphatic rings. The van der Waals surface area contributed by atoms with E-state index in [4.69, 9.17) is 19.6 Å². The molecule has 1 aliphatic heterocycles. The van der Waals surface area contributed by atoms with Gasteiger partial charge in [0.15, 0.2) is 0 Å². The molecule has 17 heavy (non-hydrogen) atoms. The van der Waals surface area contributed by atoms with Crippen molar-refractivity contribution in [2.24, 2.45) is 5.73 Å². The molecular weight excluding hydrogens is 218 g/mol. The fraction of sp³-hybridized carbons (Fsp3) is 0.692. The molecule has 1 unspecified atom stereocenters. The Balaban J connectivity index is 2.03. The standard InChI is InChI=1S/C13H21NO3/c1-2-17-13(4-7-15-8-5-13)12(14)9-11-3-6-16-10-11/h3,6,10,12H,2,4-5,7-9,14H2,1H3. The summed E-state index contributed by atoms with van der Waals surface area (Å²) in [6, 6.07) is 1.95. The maximum absolute atomic E-state index is 6.34. The van der Waals surface area contributed by atoms with Gasteiger partial charge in [0.25, 0.3) is 0 Å². The average molecular weight is 239 g/mol. The highest BCUT2D eigenvalue weighted by atomic mass is 16.5. The van der Waals surface area contributed by atoms with E-state index in [1.165, 1.54) is 0 Å². The van der Waals surface area contributed by atoms with Crippen molar-refractivity contribution in [3.05, 3.63) is 24.2 Å². The van der Waals surface area contributed by atoms with E-state index in [0.717, 1.165) is 38.0 Å². The number of hydrogen-bond donors (Lipinski definition) is 1. The van der Waals surface area contributed by atoms with E-state index in [2.05, 4.69) is 0 Å². The summed E-state index contributed by atoms with van der Waals surface area (Å²) >= 11 is 0. The second-order valence-electron chi connectivity index (χ2n) is 4.55. The van der Waals surface area contributed by atoms with Crippen LogP contribution in [-0.4, -0.2) is 31.5 Å². The third-order valence-corrected chi connectivity index (χ3v) is 3.48. The molecule has 1 atom stereocenters. The molecule has 1 fully saturated rings. The molecule has 0 bridgehead atoms. The third-order valence-electron chi connectivity index (χ3n) is 3.48. The summed E-state index contributed by atoms with van der Waals surface area (Å²) in [6.07, 6.45) is 5.97. The first-order valence-electron chi connectivity index (χ1n) is 6.25. The Labute approximate surface area is 102 Å². The molecule has 1 aromatic heterocycles. The van der Waals surface area contributed by atoms with Crippen LogP contribution in [0.3, 0.4) is 0 Å². The molecule has 2 heterocycles. The predicted octanol–water partition coefficient (Wildman–Crippen LogP) is 1.74. The summed E-state index contributed by atoms with van der Waals surface area (Å²) in [7, 11) is 0. The van der Waals surface area contributed by atoms with E-state index in [9.17, 15) is 0 Å². The topological polar surface area (TPSA) is 57.6 Å². The zero-order valence-corrected chi connectivity index (χ0v) is 10.4. The zero-order chi connectivity index (χ0) is 12.1. The summed E-state index contributed by atoms with van der Waals surface area (Å²) in [5.41, 5.74) is 7.23. The van der Waals surface area contributed by atoms with Gasteiger partial charge in [-0.25, -0.2) is 0 Å². The van der Waals surface area contributed by atoms with Crippen LogP contribution in [0.2, 0.25) is 0 Å². The fourth-order valence-corrected chi connectivity index (χ4v) is 2.48. The van der Waals surface area contributed by atoms with Gasteiger partial charge in [-0.05, 0) is 25.0 Å². The van der Waals surface area contributed by atoms with E-state index in [1.54, 1.807) is 12.5 Å². The van der Waals surface area contributed by atoms with Crippen molar-refractivity contribution in [1.82, 2.24) is 0 Å². The maximum Gasteiger partial charge on any atom is 0.0935 e. The lowest BCUT2D eigenvalue weighted by Crippen LogP contribution is -2.54. The van der Waals surface area contributed by atoms with Crippen molar-refractivity contribution in [1.29, 1.82) is 0 Å². The van der Waals surface area contributed by atoms with E-state index in [1.807, 2.05) is 13.0 Å². The van der Waals surface area contributed by atoms with Gasteiger partial charge >= 0.3 is 0 Å². The molecule has 0 radical (unpaired) electrons. The van der Waals surface area contributed by atoms with Crippen LogP contribution in [0.15, 0.2) is 23.0 Å². The third kappa shape index (κ3) is 2.89. The molecule has 0 aromatic carbocycles. The minimum Gasteiger partial charge on any atom is -0.472 e. The van der Waals surface area contributed by atoms with Gasteiger partial charge in [-0.2, -0.15) is 0 Å². The minimum atomic E-state index is -0.232. The molecule has 4 heteroatoms. The molecule has 0 aliphatic carbocycles. The summed E-state index contributed by atoms with van der Waals surface area (Å²) < 4.78 is 16.4. The lowest BCUT2D eigenvalue weighted by molar-refractivity contribution is -0.120. The number of hydrogen-bond acceptors (Lipinski definition) is 4. The highest BCUT2D eigenvalue weighted by molar-refractivity contribution is 5.10. The molecule has 0 spiro atoms. The first-order valence-corrected chi connectivity index (χ1v) is 6.25. The van der Waals surface area contributed by atoms with Crippen LogP contribution in [-0.2, 0) is 15.9 Å². The lowest BCUT2D eigenvalue weighted by atomic mass is 9.83. The Morgan fingerprint density at radius 1 is 1.47 bits per heavy atom. The monoisotopic (exact) mass is 239 g/mol. The molecule has 0 amide bonds. The normalized spacial score (nSPS) is 21.3. The maximum atomic E-state index is 6.34. The summed E-state index contributed by atoms with van der Waals surface area (Å²) in [4.78, 5) is 0. The minimum absolute atomic E-state index is 0.0102. The SMILES string of the molecule is CCOC1(C(N)Cc2ccoc2)CCOCC1. The van der Waals surface area contributed by atoms with Crippen molar-refractivity contribution in [2.75, 3.05) is 19.8 Å². The molecule has 1 saturated heterocycles. The largest absolute Gasteiger partial charge is 0.472 e. The van der Waals surface area contributed by atoms with Gasteiger partial charge in [0, 0.05) is 38.7 Å². The first-order chi connectivity index (χ1) is 8.27. The summed E-state index contributed by atoms with van der Waals surface area (Å²) in [5.74, 6) is 0. The summed E-state index contributed by atoms with van der Waals surface area (Å²) in [5, 5.41) is 0. The van der Waals surface area contributed by atoms with Crippen LogP contribution >= 0.6 is 0 Å². The van der Waals surface area contributed by atoms with Crippen LogP contribution in [0.5, 0.6) is 0 Å². The van der Waals surface area contributed by atoms with Crippen LogP contribution in [0.25, 0.3) is 0 Å². The smallest absolute Gasteiger partial charge is 0.0935 e. The second-order valence-corrected chi connectivity index (χ2v) is 4.55.